The quantitative estimate of drug-likeness (QED) is 0.888. The second kappa shape index (κ2) is 5.73. The van der Waals surface area contributed by atoms with Crippen LogP contribution in [0.3, 0.4) is 0 Å². The molecule has 0 aliphatic carbocycles. The van der Waals surface area contributed by atoms with Crippen molar-refractivity contribution in [3.05, 3.63) is 29.7 Å². The van der Waals surface area contributed by atoms with Gasteiger partial charge in [-0.25, -0.2) is 9.78 Å². The number of nitrogens with one attached hydrogen (secondary N) is 2. The molecule has 2 N–H and O–H groups in total. The third-order valence-corrected chi connectivity index (χ3v) is 2.68. The summed E-state index contributed by atoms with van der Waals surface area (Å²) in [5.74, 6) is 0.668. The standard InChI is InChI=1S/C14H19N3O2/c1-9(2)16-14(18)15-7-6-11-4-5-12-13(8-11)19-10(3)17-12/h4-5,8-9H,6-7H2,1-3H3,(H2,15,16,18). The van der Waals surface area contributed by atoms with E-state index in [-0.39, 0.29) is 12.1 Å². The molecule has 0 aliphatic rings. The molecular weight excluding hydrogens is 242 g/mol. The summed E-state index contributed by atoms with van der Waals surface area (Å²) in [5, 5.41) is 5.60. The Kier molecular flexibility index (Phi) is 4.04. The van der Waals surface area contributed by atoms with Crippen LogP contribution in [0.4, 0.5) is 4.79 Å². The van der Waals surface area contributed by atoms with Gasteiger partial charge in [-0.15, -0.1) is 0 Å². The molecule has 0 bridgehead atoms. The van der Waals surface area contributed by atoms with Crippen LogP contribution >= 0.6 is 0 Å². The van der Waals surface area contributed by atoms with E-state index in [1.807, 2.05) is 39.0 Å². The second-order valence-electron chi connectivity index (χ2n) is 4.84. The highest BCUT2D eigenvalue weighted by Gasteiger charge is 2.04. The van der Waals surface area contributed by atoms with Crippen LogP contribution < -0.4 is 10.6 Å². The van der Waals surface area contributed by atoms with E-state index in [1.54, 1.807) is 0 Å². The molecule has 1 aromatic carbocycles. The van der Waals surface area contributed by atoms with Crippen LogP contribution in [0.5, 0.6) is 0 Å². The smallest absolute Gasteiger partial charge is 0.314 e. The summed E-state index contributed by atoms with van der Waals surface area (Å²) in [6.45, 7) is 6.29. The summed E-state index contributed by atoms with van der Waals surface area (Å²) in [6.07, 6.45) is 0.765. The van der Waals surface area contributed by atoms with Crippen molar-refractivity contribution >= 4 is 17.1 Å². The van der Waals surface area contributed by atoms with E-state index < -0.39 is 0 Å². The first kappa shape index (κ1) is 13.4. The van der Waals surface area contributed by atoms with Crippen molar-refractivity contribution in [2.24, 2.45) is 0 Å². The normalized spacial score (nSPS) is 10.9. The Morgan fingerprint density at radius 3 is 2.95 bits per heavy atom. The van der Waals surface area contributed by atoms with Gasteiger partial charge in [-0.05, 0) is 38.0 Å². The SMILES string of the molecule is Cc1nc2ccc(CCNC(=O)NC(C)C)cc2o1. The molecule has 0 radical (unpaired) electrons. The molecule has 1 aromatic heterocycles. The van der Waals surface area contributed by atoms with Crippen LogP contribution in [0.25, 0.3) is 11.1 Å². The lowest BCUT2D eigenvalue weighted by molar-refractivity contribution is 0.238. The fraction of sp³-hybridized carbons (Fsp3) is 0.429. The number of aryl methyl sites for hydroxylation is 1. The Hall–Kier alpha value is -2.04. The molecule has 0 fully saturated rings. The average molecular weight is 261 g/mol. The summed E-state index contributed by atoms with van der Waals surface area (Å²) in [6, 6.07) is 5.93. The molecule has 2 aromatic rings. The number of carbonyl (C=O) groups excluding carboxylic acids is 1. The van der Waals surface area contributed by atoms with E-state index in [0.29, 0.717) is 12.4 Å². The lowest BCUT2D eigenvalue weighted by Crippen LogP contribution is -2.40. The van der Waals surface area contributed by atoms with E-state index in [0.717, 1.165) is 23.1 Å². The number of hydrogen-bond acceptors (Lipinski definition) is 3. The Balaban J connectivity index is 1.89. The van der Waals surface area contributed by atoms with E-state index in [4.69, 9.17) is 4.42 Å². The van der Waals surface area contributed by atoms with Crippen LogP contribution in [-0.4, -0.2) is 23.6 Å². The van der Waals surface area contributed by atoms with Gasteiger partial charge in [0.1, 0.15) is 5.52 Å². The number of nitrogens with zero attached hydrogens (tertiary/aromatic N) is 1. The number of rotatable bonds is 4. The first-order chi connectivity index (χ1) is 9.04. The van der Waals surface area contributed by atoms with Crippen molar-refractivity contribution in [2.75, 3.05) is 6.54 Å². The van der Waals surface area contributed by atoms with Gasteiger partial charge in [0, 0.05) is 19.5 Å². The van der Waals surface area contributed by atoms with Crippen molar-refractivity contribution in [3.63, 3.8) is 0 Å². The molecule has 0 spiro atoms. The first-order valence-corrected chi connectivity index (χ1v) is 6.45. The van der Waals surface area contributed by atoms with Crippen LogP contribution in [0.1, 0.15) is 25.3 Å². The molecular formula is C14H19N3O2. The number of amides is 2. The number of urea groups is 1. The van der Waals surface area contributed by atoms with Crippen LogP contribution in [0, 0.1) is 6.92 Å². The van der Waals surface area contributed by atoms with Crippen molar-refractivity contribution in [1.82, 2.24) is 15.6 Å². The van der Waals surface area contributed by atoms with Gasteiger partial charge in [0.25, 0.3) is 0 Å². The molecule has 1 heterocycles. The van der Waals surface area contributed by atoms with Gasteiger partial charge in [-0.1, -0.05) is 6.07 Å². The number of hydrogen-bond donors (Lipinski definition) is 2. The third-order valence-electron chi connectivity index (χ3n) is 2.68. The molecule has 2 amide bonds. The molecule has 0 aliphatic heterocycles. The van der Waals surface area contributed by atoms with Crippen LogP contribution in [0.2, 0.25) is 0 Å². The van der Waals surface area contributed by atoms with Gasteiger partial charge >= 0.3 is 6.03 Å². The predicted octanol–water partition coefficient (Wildman–Crippen LogP) is 2.39. The third kappa shape index (κ3) is 3.71. The minimum absolute atomic E-state index is 0.133. The summed E-state index contributed by atoms with van der Waals surface area (Å²) in [4.78, 5) is 15.7. The lowest BCUT2D eigenvalue weighted by atomic mass is 10.1. The second-order valence-corrected chi connectivity index (χ2v) is 4.84. The fourth-order valence-corrected chi connectivity index (χ4v) is 1.87. The highest BCUT2D eigenvalue weighted by molar-refractivity contribution is 5.74. The van der Waals surface area contributed by atoms with Gasteiger partial charge in [0.2, 0.25) is 0 Å². The van der Waals surface area contributed by atoms with Crippen molar-refractivity contribution < 1.29 is 9.21 Å². The number of carbonyl (C=O) groups is 1. The van der Waals surface area contributed by atoms with E-state index >= 15 is 0 Å². The topological polar surface area (TPSA) is 67.2 Å². The summed E-state index contributed by atoms with van der Waals surface area (Å²) in [5.41, 5.74) is 2.78. The number of fused-ring (bicyclic) bond motifs is 1. The maximum Gasteiger partial charge on any atom is 0.314 e. The highest BCUT2D eigenvalue weighted by atomic mass is 16.3. The maximum absolute atomic E-state index is 11.4. The lowest BCUT2D eigenvalue weighted by Gasteiger charge is -2.09. The number of oxazole rings is 1. The van der Waals surface area contributed by atoms with Gasteiger partial charge in [0.15, 0.2) is 11.5 Å². The molecule has 0 saturated heterocycles. The zero-order valence-corrected chi connectivity index (χ0v) is 11.5. The Bertz CT molecular complexity index is 575. The molecule has 2 rings (SSSR count). The van der Waals surface area contributed by atoms with E-state index in [9.17, 15) is 4.79 Å². The van der Waals surface area contributed by atoms with Gasteiger partial charge in [-0.3, -0.25) is 0 Å². The molecule has 5 nitrogen and oxygen atoms in total. The van der Waals surface area contributed by atoms with Gasteiger partial charge in [-0.2, -0.15) is 0 Å². The molecule has 5 heteroatoms. The zero-order chi connectivity index (χ0) is 13.8. The largest absolute Gasteiger partial charge is 0.441 e. The summed E-state index contributed by atoms with van der Waals surface area (Å²) in [7, 11) is 0. The molecule has 0 unspecified atom stereocenters. The molecule has 19 heavy (non-hydrogen) atoms. The van der Waals surface area contributed by atoms with Crippen LogP contribution in [-0.2, 0) is 6.42 Å². The van der Waals surface area contributed by atoms with Crippen molar-refractivity contribution in [1.29, 1.82) is 0 Å². The van der Waals surface area contributed by atoms with Crippen molar-refractivity contribution in [2.45, 2.75) is 33.2 Å². The first-order valence-electron chi connectivity index (χ1n) is 6.45. The van der Waals surface area contributed by atoms with Gasteiger partial charge < -0.3 is 15.1 Å². The number of aromatic nitrogens is 1. The van der Waals surface area contributed by atoms with Crippen molar-refractivity contribution in [3.8, 4) is 0 Å². The molecule has 0 saturated carbocycles. The zero-order valence-electron chi connectivity index (χ0n) is 11.5. The van der Waals surface area contributed by atoms with Gasteiger partial charge in [0.05, 0.1) is 0 Å². The monoisotopic (exact) mass is 261 g/mol. The Morgan fingerprint density at radius 1 is 1.42 bits per heavy atom. The van der Waals surface area contributed by atoms with E-state index in [1.165, 1.54) is 0 Å². The summed E-state index contributed by atoms with van der Waals surface area (Å²) < 4.78 is 5.48. The minimum atomic E-state index is -0.133. The maximum atomic E-state index is 11.4. The summed E-state index contributed by atoms with van der Waals surface area (Å²) >= 11 is 0. The Morgan fingerprint density at radius 2 is 2.21 bits per heavy atom. The predicted molar refractivity (Wildman–Crippen MR) is 74.1 cm³/mol. The Labute approximate surface area is 112 Å². The average Bonchev–Trinajstić information content (AvgIpc) is 2.67. The fourth-order valence-electron chi connectivity index (χ4n) is 1.87. The van der Waals surface area contributed by atoms with Crippen LogP contribution in [0.15, 0.2) is 22.6 Å². The minimum Gasteiger partial charge on any atom is -0.441 e. The van der Waals surface area contributed by atoms with E-state index in [2.05, 4.69) is 15.6 Å². The molecule has 102 valence electrons. The molecule has 0 atom stereocenters. The highest BCUT2D eigenvalue weighted by Crippen LogP contribution is 2.16. The number of benzene rings is 1.